The number of thiazole rings is 1. The molecule has 0 saturated heterocycles. The molecule has 0 atom stereocenters. The highest BCUT2D eigenvalue weighted by molar-refractivity contribution is 7.11. The second-order valence-electron chi connectivity index (χ2n) is 2.11. The number of aromatic nitrogens is 1. The molecule has 0 aliphatic rings. The zero-order valence-electron chi connectivity index (χ0n) is 6.61. The molecule has 12 heavy (non-hydrogen) atoms. The van der Waals surface area contributed by atoms with Crippen LogP contribution in [0.25, 0.3) is 0 Å². The van der Waals surface area contributed by atoms with Crippen LogP contribution in [0.3, 0.4) is 0 Å². The second kappa shape index (κ2) is 4.06. The average molecular weight is 187 g/mol. The normalized spacial score (nSPS) is 9.75. The molecule has 0 bridgehead atoms. The van der Waals surface area contributed by atoms with E-state index in [0.29, 0.717) is 17.5 Å². The van der Waals surface area contributed by atoms with E-state index < -0.39 is 5.97 Å². The first-order valence-corrected chi connectivity index (χ1v) is 4.39. The van der Waals surface area contributed by atoms with Gasteiger partial charge in [0.15, 0.2) is 0 Å². The summed E-state index contributed by atoms with van der Waals surface area (Å²) in [6.07, 6.45) is -0.0381. The number of rotatable bonds is 4. The standard InChI is InChI=1S/C7H9NO3S/c1-2-11-7-8-5(4-12-7)3-6(9)10/h4H,2-3H2,1H3,(H,9,10). The van der Waals surface area contributed by atoms with Gasteiger partial charge in [-0.15, -0.1) is 0 Å². The van der Waals surface area contributed by atoms with Gasteiger partial charge in [-0.3, -0.25) is 4.79 Å². The van der Waals surface area contributed by atoms with Crippen molar-refractivity contribution >= 4 is 17.3 Å². The van der Waals surface area contributed by atoms with Gasteiger partial charge in [-0.25, -0.2) is 4.98 Å². The van der Waals surface area contributed by atoms with Gasteiger partial charge in [0.05, 0.1) is 18.7 Å². The summed E-state index contributed by atoms with van der Waals surface area (Å²) in [6.45, 7) is 2.41. The summed E-state index contributed by atoms with van der Waals surface area (Å²) < 4.78 is 5.08. The number of carboxylic acid groups (broad SMARTS) is 1. The molecule has 0 fully saturated rings. The molecule has 1 aromatic rings. The van der Waals surface area contributed by atoms with E-state index in [4.69, 9.17) is 9.84 Å². The van der Waals surface area contributed by atoms with E-state index in [2.05, 4.69) is 4.98 Å². The second-order valence-corrected chi connectivity index (χ2v) is 2.93. The van der Waals surface area contributed by atoms with Crippen molar-refractivity contribution in [3.63, 3.8) is 0 Å². The van der Waals surface area contributed by atoms with Gasteiger partial charge in [0.25, 0.3) is 5.19 Å². The van der Waals surface area contributed by atoms with Crippen LogP contribution in [0.2, 0.25) is 0 Å². The topological polar surface area (TPSA) is 59.4 Å². The molecule has 0 amide bonds. The van der Waals surface area contributed by atoms with Gasteiger partial charge < -0.3 is 9.84 Å². The number of hydrogen-bond acceptors (Lipinski definition) is 4. The molecule has 1 heterocycles. The molecular weight excluding hydrogens is 178 g/mol. The smallest absolute Gasteiger partial charge is 0.309 e. The largest absolute Gasteiger partial charge is 0.481 e. The lowest BCUT2D eigenvalue weighted by Crippen LogP contribution is -2.00. The molecule has 5 heteroatoms. The number of nitrogens with zero attached hydrogens (tertiary/aromatic N) is 1. The minimum atomic E-state index is -0.872. The monoisotopic (exact) mass is 187 g/mol. The summed E-state index contributed by atoms with van der Waals surface area (Å²) in [7, 11) is 0. The molecule has 66 valence electrons. The molecular formula is C7H9NO3S. The molecule has 1 rings (SSSR count). The van der Waals surface area contributed by atoms with E-state index in [1.807, 2.05) is 6.92 Å². The fourth-order valence-electron chi connectivity index (χ4n) is 0.714. The lowest BCUT2D eigenvalue weighted by Gasteiger charge is -1.93. The van der Waals surface area contributed by atoms with E-state index in [-0.39, 0.29) is 6.42 Å². The highest BCUT2D eigenvalue weighted by atomic mass is 32.1. The fraction of sp³-hybridized carbons (Fsp3) is 0.429. The van der Waals surface area contributed by atoms with Crippen LogP contribution >= 0.6 is 11.3 Å². The van der Waals surface area contributed by atoms with Crippen LogP contribution in [0.15, 0.2) is 5.38 Å². The van der Waals surface area contributed by atoms with Crippen molar-refractivity contribution in [3.05, 3.63) is 11.1 Å². The van der Waals surface area contributed by atoms with Gasteiger partial charge in [-0.05, 0) is 6.92 Å². The lowest BCUT2D eigenvalue weighted by molar-refractivity contribution is -0.136. The number of hydrogen-bond donors (Lipinski definition) is 1. The third kappa shape index (κ3) is 2.50. The third-order valence-electron chi connectivity index (χ3n) is 1.13. The first-order valence-electron chi connectivity index (χ1n) is 3.51. The Bertz CT molecular complexity index is 271. The number of aliphatic carboxylic acids is 1. The summed E-state index contributed by atoms with van der Waals surface area (Å²) in [5.41, 5.74) is 0.552. The Morgan fingerprint density at radius 1 is 1.83 bits per heavy atom. The van der Waals surface area contributed by atoms with Crippen LogP contribution in [0.1, 0.15) is 12.6 Å². The number of carboxylic acids is 1. The average Bonchev–Trinajstić information content (AvgIpc) is 2.36. The van der Waals surface area contributed by atoms with Gasteiger partial charge in [-0.2, -0.15) is 0 Å². The van der Waals surface area contributed by atoms with Gasteiger partial charge in [0, 0.05) is 5.38 Å². The van der Waals surface area contributed by atoms with E-state index >= 15 is 0 Å². The number of ether oxygens (including phenoxy) is 1. The van der Waals surface area contributed by atoms with Crippen molar-refractivity contribution in [2.24, 2.45) is 0 Å². The minimum Gasteiger partial charge on any atom is -0.481 e. The molecule has 0 saturated carbocycles. The Morgan fingerprint density at radius 3 is 3.17 bits per heavy atom. The summed E-state index contributed by atoms with van der Waals surface area (Å²) in [6, 6.07) is 0. The quantitative estimate of drug-likeness (QED) is 0.768. The Hall–Kier alpha value is -1.10. The lowest BCUT2D eigenvalue weighted by atomic mass is 10.3. The van der Waals surface area contributed by atoms with Crippen LogP contribution in [0.4, 0.5) is 0 Å². The maximum atomic E-state index is 10.3. The summed E-state index contributed by atoms with van der Waals surface area (Å²) in [5.74, 6) is -0.872. The highest BCUT2D eigenvalue weighted by Gasteiger charge is 2.05. The van der Waals surface area contributed by atoms with E-state index in [1.165, 1.54) is 11.3 Å². The van der Waals surface area contributed by atoms with Crippen LogP contribution in [-0.2, 0) is 11.2 Å². The summed E-state index contributed by atoms with van der Waals surface area (Å²) >= 11 is 1.32. The van der Waals surface area contributed by atoms with Gasteiger partial charge in [0.2, 0.25) is 0 Å². The Labute approximate surface area is 73.8 Å². The molecule has 0 radical (unpaired) electrons. The van der Waals surface area contributed by atoms with Crippen molar-refractivity contribution in [2.75, 3.05) is 6.61 Å². The van der Waals surface area contributed by atoms with Crippen molar-refractivity contribution < 1.29 is 14.6 Å². The van der Waals surface area contributed by atoms with E-state index in [0.717, 1.165) is 0 Å². The predicted octanol–water partition coefficient (Wildman–Crippen LogP) is 1.17. The molecule has 0 unspecified atom stereocenters. The van der Waals surface area contributed by atoms with Crippen LogP contribution < -0.4 is 4.74 Å². The number of carbonyl (C=O) groups is 1. The summed E-state index contributed by atoms with van der Waals surface area (Å²) in [5, 5.41) is 10.7. The Balaban J connectivity index is 2.58. The van der Waals surface area contributed by atoms with Crippen molar-refractivity contribution in [3.8, 4) is 5.19 Å². The molecule has 1 aromatic heterocycles. The maximum Gasteiger partial charge on any atom is 0.309 e. The van der Waals surface area contributed by atoms with Crippen molar-refractivity contribution in [2.45, 2.75) is 13.3 Å². The molecule has 1 N–H and O–H groups in total. The van der Waals surface area contributed by atoms with Crippen molar-refractivity contribution in [1.82, 2.24) is 4.98 Å². The summed E-state index contributed by atoms with van der Waals surface area (Å²) in [4.78, 5) is 14.2. The van der Waals surface area contributed by atoms with Crippen LogP contribution in [0.5, 0.6) is 5.19 Å². The predicted molar refractivity (Wildman–Crippen MR) is 44.6 cm³/mol. The fourth-order valence-corrected chi connectivity index (χ4v) is 1.44. The molecule has 4 nitrogen and oxygen atoms in total. The maximum absolute atomic E-state index is 10.3. The SMILES string of the molecule is CCOc1nc(CC(=O)O)cs1. The Morgan fingerprint density at radius 2 is 2.58 bits per heavy atom. The molecule has 0 aliphatic carbocycles. The first-order chi connectivity index (χ1) is 5.72. The van der Waals surface area contributed by atoms with Gasteiger partial charge in [0.1, 0.15) is 0 Å². The molecule has 0 spiro atoms. The zero-order chi connectivity index (χ0) is 8.97. The first kappa shape index (κ1) is 8.99. The van der Waals surface area contributed by atoms with Crippen LogP contribution in [-0.4, -0.2) is 22.7 Å². The van der Waals surface area contributed by atoms with Gasteiger partial charge >= 0.3 is 5.97 Å². The minimum absolute atomic E-state index is 0.0381. The Kier molecular flexibility index (Phi) is 3.04. The highest BCUT2D eigenvalue weighted by Crippen LogP contribution is 2.17. The molecule has 0 aromatic carbocycles. The zero-order valence-corrected chi connectivity index (χ0v) is 7.43. The van der Waals surface area contributed by atoms with E-state index in [1.54, 1.807) is 5.38 Å². The van der Waals surface area contributed by atoms with Crippen molar-refractivity contribution in [1.29, 1.82) is 0 Å². The third-order valence-corrected chi connectivity index (χ3v) is 1.93. The van der Waals surface area contributed by atoms with Crippen LogP contribution in [0, 0.1) is 0 Å². The molecule has 0 aliphatic heterocycles. The van der Waals surface area contributed by atoms with Gasteiger partial charge in [-0.1, -0.05) is 11.3 Å². The van der Waals surface area contributed by atoms with E-state index in [9.17, 15) is 4.79 Å².